The quantitative estimate of drug-likeness (QED) is 0.354. The Labute approximate surface area is 220 Å². The van der Waals surface area contributed by atoms with E-state index in [1.807, 2.05) is 69.4 Å². The average molecular weight is 525 g/mol. The SMILES string of the molecule is CSc1ncc2c(n1)N(C)CCN(c1cccc(-n3cc(CCN(C)C(=O)OC(C)(C)C)nn3)c1)C2=O. The summed E-state index contributed by atoms with van der Waals surface area (Å²) in [4.78, 5) is 39.8. The number of hydrogen-bond acceptors (Lipinski definition) is 9. The maximum absolute atomic E-state index is 13.5. The van der Waals surface area contributed by atoms with Crippen molar-refractivity contribution in [2.24, 2.45) is 0 Å². The Balaban J connectivity index is 1.49. The standard InChI is InChI=1S/C25H32N8O3S/c1-25(2,3)36-24(35)31(5)11-10-17-16-33(29-28-17)19-9-7-8-18(14-19)32-13-12-30(4)21-20(22(32)34)15-26-23(27-21)37-6/h7-9,14-16H,10-13H2,1-6H3. The van der Waals surface area contributed by atoms with E-state index in [1.54, 1.807) is 22.8 Å². The largest absolute Gasteiger partial charge is 0.444 e. The summed E-state index contributed by atoms with van der Waals surface area (Å²) >= 11 is 1.44. The summed E-state index contributed by atoms with van der Waals surface area (Å²) in [5.41, 5.74) is 2.19. The first-order valence-electron chi connectivity index (χ1n) is 12.0. The number of fused-ring (bicyclic) bond motifs is 1. The van der Waals surface area contributed by atoms with Crippen LogP contribution in [0, 0.1) is 0 Å². The third-order valence-electron chi connectivity index (χ3n) is 5.78. The highest BCUT2D eigenvalue weighted by atomic mass is 32.2. The minimum atomic E-state index is -0.545. The maximum atomic E-state index is 13.5. The van der Waals surface area contributed by atoms with Crippen LogP contribution >= 0.6 is 11.8 Å². The van der Waals surface area contributed by atoms with E-state index in [0.717, 1.165) is 17.1 Å². The number of anilines is 2. The molecule has 1 aliphatic heterocycles. The zero-order valence-corrected chi connectivity index (χ0v) is 22.8. The molecule has 2 aromatic heterocycles. The van der Waals surface area contributed by atoms with Gasteiger partial charge in [0.25, 0.3) is 5.91 Å². The molecule has 0 saturated heterocycles. The van der Waals surface area contributed by atoms with Crippen molar-refractivity contribution < 1.29 is 14.3 Å². The van der Waals surface area contributed by atoms with E-state index in [4.69, 9.17) is 4.74 Å². The van der Waals surface area contributed by atoms with Crippen molar-refractivity contribution in [1.29, 1.82) is 0 Å². The van der Waals surface area contributed by atoms with Crippen LogP contribution in [0.25, 0.3) is 5.69 Å². The van der Waals surface area contributed by atoms with E-state index in [-0.39, 0.29) is 12.0 Å². The molecule has 0 bridgehead atoms. The molecule has 0 saturated carbocycles. The number of ether oxygens (including phenoxy) is 1. The molecule has 0 N–H and O–H groups in total. The van der Waals surface area contributed by atoms with Crippen LogP contribution in [-0.4, -0.2) is 87.4 Å². The molecule has 3 heterocycles. The van der Waals surface area contributed by atoms with Gasteiger partial charge in [-0.15, -0.1) is 5.10 Å². The molecule has 4 rings (SSSR count). The second-order valence-electron chi connectivity index (χ2n) is 9.80. The van der Waals surface area contributed by atoms with Gasteiger partial charge in [-0.05, 0) is 45.2 Å². The Morgan fingerprint density at radius 1 is 1.22 bits per heavy atom. The molecular weight excluding hydrogens is 492 g/mol. The van der Waals surface area contributed by atoms with Crippen LogP contribution in [0.15, 0.2) is 41.8 Å². The molecular formula is C25H32N8O3S. The molecule has 0 aliphatic carbocycles. The highest BCUT2D eigenvalue weighted by Crippen LogP contribution is 2.28. The Morgan fingerprint density at radius 3 is 2.70 bits per heavy atom. The average Bonchev–Trinajstić information content (AvgIpc) is 3.30. The van der Waals surface area contributed by atoms with Crippen molar-refractivity contribution in [2.75, 3.05) is 49.8 Å². The van der Waals surface area contributed by atoms with Crippen LogP contribution in [0.5, 0.6) is 0 Å². The summed E-state index contributed by atoms with van der Waals surface area (Å²) in [6.07, 6.45) is 5.49. The van der Waals surface area contributed by atoms with Gasteiger partial charge in [-0.2, -0.15) is 0 Å². The van der Waals surface area contributed by atoms with Gasteiger partial charge in [0.1, 0.15) is 17.0 Å². The fraction of sp³-hybridized carbons (Fsp3) is 0.440. The van der Waals surface area contributed by atoms with Crippen molar-refractivity contribution in [3.05, 3.63) is 47.9 Å². The lowest BCUT2D eigenvalue weighted by Crippen LogP contribution is -2.35. The normalized spacial score (nSPS) is 13.8. The molecule has 0 fully saturated rings. The highest BCUT2D eigenvalue weighted by Gasteiger charge is 2.28. The molecule has 37 heavy (non-hydrogen) atoms. The molecule has 3 aromatic rings. The Bertz CT molecular complexity index is 1290. The number of benzene rings is 1. The predicted molar refractivity (Wildman–Crippen MR) is 143 cm³/mol. The van der Waals surface area contributed by atoms with Crippen LogP contribution in [0.3, 0.4) is 0 Å². The van der Waals surface area contributed by atoms with Crippen molar-refractivity contribution >= 4 is 35.3 Å². The van der Waals surface area contributed by atoms with Gasteiger partial charge in [-0.3, -0.25) is 4.79 Å². The van der Waals surface area contributed by atoms with E-state index in [2.05, 4.69) is 20.3 Å². The minimum absolute atomic E-state index is 0.145. The van der Waals surface area contributed by atoms with Gasteiger partial charge >= 0.3 is 6.09 Å². The molecule has 196 valence electrons. The Kier molecular flexibility index (Phi) is 7.67. The molecule has 1 aliphatic rings. The van der Waals surface area contributed by atoms with Crippen molar-refractivity contribution in [3.8, 4) is 5.69 Å². The number of carbonyl (C=O) groups excluding carboxylic acids is 2. The van der Waals surface area contributed by atoms with Crippen LogP contribution in [0.2, 0.25) is 0 Å². The number of likely N-dealkylation sites (N-methyl/N-ethyl adjacent to an activating group) is 2. The summed E-state index contributed by atoms with van der Waals surface area (Å²) in [6.45, 7) is 7.09. The van der Waals surface area contributed by atoms with Crippen LogP contribution < -0.4 is 9.80 Å². The lowest BCUT2D eigenvalue weighted by molar-refractivity contribution is 0.0300. The van der Waals surface area contributed by atoms with Crippen LogP contribution in [0.1, 0.15) is 36.8 Å². The molecule has 0 radical (unpaired) electrons. The molecule has 0 unspecified atom stereocenters. The number of aromatic nitrogens is 5. The lowest BCUT2D eigenvalue weighted by Gasteiger charge is -2.24. The van der Waals surface area contributed by atoms with Gasteiger partial charge in [-0.25, -0.2) is 19.4 Å². The van der Waals surface area contributed by atoms with Crippen molar-refractivity contribution in [3.63, 3.8) is 0 Å². The number of thioether (sulfide) groups is 1. The molecule has 0 atom stereocenters. The number of hydrogen-bond donors (Lipinski definition) is 0. The molecule has 11 nitrogen and oxygen atoms in total. The van der Waals surface area contributed by atoms with E-state index in [0.29, 0.717) is 42.6 Å². The van der Waals surface area contributed by atoms with Gasteiger partial charge < -0.3 is 19.4 Å². The second-order valence-corrected chi connectivity index (χ2v) is 10.6. The van der Waals surface area contributed by atoms with Crippen LogP contribution in [0.4, 0.5) is 16.3 Å². The first kappa shape index (κ1) is 26.4. The van der Waals surface area contributed by atoms with E-state index < -0.39 is 5.60 Å². The summed E-state index contributed by atoms with van der Waals surface area (Å²) in [7, 11) is 3.63. The van der Waals surface area contributed by atoms with Gasteiger partial charge in [0.15, 0.2) is 5.16 Å². The summed E-state index contributed by atoms with van der Waals surface area (Å²) in [6, 6.07) is 7.60. The fourth-order valence-corrected chi connectivity index (χ4v) is 4.14. The van der Waals surface area contributed by atoms with E-state index in [9.17, 15) is 9.59 Å². The number of amides is 2. The maximum Gasteiger partial charge on any atom is 0.410 e. The Morgan fingerprint density at radius 2 is 1.97 bits per heavy atom. The fourth-order valence-electron chi connectivity index (χ4n) is 3.80. The highest BCUT2D eigenvalue weighted by molar-refractivity contribution is 7.98. The number of rotatable bonds is 6. The van der Waals surface area contributed by atoms with Gasteiger partial charge in [0.05, 0.1) is 17.6 Å². The lowest BCUT2D eigenvalue weighted by atomic mass is 10.2. The monoisotopic (exact) mass is 524 g/mol. The predicted octanol–water partition coefficient (Wildman–Crippen LogP) is 3.29. The zero-order chi connectivity index (χ0) is 26.7. The summed E-state index contributed by atoms with van der Waals surface area (Å²) in [5.74, 6) is 0.494. The van der Waals surface area contributed by atoms with E-state index >= 15 is 0 Å². The van der Waals surface area contributed by atoms with Gasteiger partial charge in [-0.1, -0.05) is 23.0 Å². The zero-order valence-electron chi connectivity index (χ0n) is 22.0. The second kappa shape index (κ2) is 10.8. The smallest absolute Gasteiger partial charge is 0.410 e. The third-order valence-corrected chi connectivity index (χ3v) is 6.34. The van der Waals surface area contributed by atoms with E-state index in [1.165, 1.54) is 16.7 Å². The van der Waals surface area contributed by atoms with Crippen LogP contribution in [-0.2, 0) is 11.2 Å². The first-order chi connectivity index (χ1) is 17.6. The molecule has 0 spiro atoms. The third kappa shape index (κ3) is 6.19. The van der Waals surface area contributed by atoms with Crippen molar-refractivity contribution in [1.82, 2.24) is 29.9 Å². The summed E-state index contributed by atoms with van der Waals surface area (Å²) < 4.78 is 7.06. The van der Waals surface area contributed by atoms with Crippen molar-refractivity contribution in [2.45, 2.75) is 37.9 Å². The van der Waals surface area contributed by atoms with Gasteiger partial charge in [0, 0.05) is 52.0 Å². The Hall–Kier alpha value is -3.67. The topological polar surface area (TPSA) is 110 Å². The number of nitrogens with zero attached hydrogens (tertiary/aromatic N) is 8. The summed E-state index contributed by atoms with van der Waals surface area (Å²) in [5, 5.41) is 9.15. The number of carbonyl (C=O) groups is 2. The first-order valence-corrected chi connectivity index (χ1v) is 13.2. The molecule has 2 amide bonds. The minimum Gasteiger partial charge on any atom is -0.444 e. The molecule has 1 aromatic carbocycles. The molecule has 12 heteroatoms. The van der Waals surface area contributed by atoms with Gasteiger partial charge in [0.2, 0.25) is 0 Å².